The maximum atomic E-state index is 13.1. The number of amides is 1. The standard InChI is InChI=1S/C18H25NO2/c1-12(2)19(13(3)4)17(20)18(21)14(5)10-11-15-8-6-7-9-16(15)18/h6-10,12-13,21H,11H2,1-5H3/t18-/m1/s1. The third kappa shape index (κ3) is 2.51. The van der Waals surface area contributed by atoms with Gasteiger partial charge < -0.3 is 10.0 Å². The molecular weight excluding hydrogens is 262 g/mol. The van der Waals surface area contributed by atoms with E-state index in [0.29, 0.717) is 0 Å². The highest BCUT2D eigenvalue weighted by Gasteiger charge is 2.46. The summed E-state index contributed by atoms with van der Waals surface area (Å²) in [5.41, 5.74) is 0.925. The van der Waals surface area contributed by atoms with Crippen LogP contribution in [0, 0.1) is 0 Å². The van der Waals surface area contributed by atoms with Gasteiger partial charge in [-0.25, -0.2) is 0 Å². The lowest BCUT2D eigenvalue weighted by Crippen LogP contribution is -2.53. The second kappa shape index (κ2) is 5.64. The van der Waals surface area contributed by atoms with Gasteiger partial charge in [0, 0.05) is 17.6 Å². The highest BCUT2D eigenvalue weighted by Crippen LogP contribution is 2.38. The van der Waals surface area contributed by atoms with E-state index in [4.69, 9.17) is 0 Å². The highest BCUT2D eigenvalue weighted by molar-refractivity contribution is 5.91. The lowest BCUT2D eigenvalue weighted by molar-refractivity contribution is -0.152. The van der Waals surface area contributed by atoms with Crippen molar-refractivity contribution in [2.45, 2.75) is 58.7 Å². The van der Waals surface area contributed by atoms with Crippen molar-refractivity contribution in [3.05, 3.63) is 47.0 Å². The minimum Gasteiger partial charge on any atom is -0.372 e. The molecule has 1 aliphatic carbocycles. The number of carbonyl (C=O) groups excluding carboxylic acids is 1. The van der Waals surface area contributed by atoms with Crippen molar-refractivity contribution < 1.29 is 9.90 Å². The number of hydrogen-bond acceptors (Lipinski definition) is 2. The van der Waals surface area contributed by atoms with Gasteiger partial charge in [-0.3, -0.25) is 4.79 Å². The number of benzene rings is 1. The predicted molar refractivity (Wildman–Crippen MR) is 84.9 cm³/mol. The van der Waals surface area contributed by atoms with E-state index in [1.54, 1.807) is 4.90 Å². The Hall–Kier alpha value is -1.61. The average Bonchev–Trinajstić information content (AvgIpc) is 2.42. The van der Waals surface area contributed by atoms with Gasteiger partial charge in [-0.2, -0.15) is 0 Å². The van der Waals surface area contributed by atoms with Crippen LogP contribution in [0.1, 0.15) is 45.7 Å². The summed E-state index contributed by atoms with van der Waals surface area (Å²) in [5, 5.41) is 11.3. The smallest absolute Gasteiger partial charge is 0.264 e. The normalized spacial score (nSPS) is 21.2. The molecule has 1 N–H and O–H groups in total. The second-order valence-corrected chi connectivity index (χ2v) is 6.36. The van der Waals surface area contributed by atoms with Gasteiger partial charge in [-0.05, 0) is 52.2 Å². The lowest BCUT2D eigenvalue weighted by Gasteiger charge is -2.41. The van der Waals surface area contributed by atoms with Crippen LogP contribution in [0.15, 0.2) is 35.9 Å². The largest absolute Gasteiger partial charge is 0.372 e. The van der Waals surface area contributed by atoms with Gasteiger partial charge in [0.1, 0.15) is 0 Å². The van der Waals surface area contributed by atoms with Crippen LogP contribution in [0.5, 0.6) is 0 Å². The average molecular weight is 287 g/mol. The number of aliphatic hydroxyl groups is 1. The topological polar surface area (TPSA) is 40.5 Å². The zero-order valence-electron chi connectivity index (χ0n) is 13.6. The predicted octanol–water partition coefficient (Wildman–Crippen LogP) is 3.02. The number of nitrogens with zero attached hydrogens (tertiary/aromatic N) is 1. The molecule has 3 heteroatoms. The first-order valence-electron chi connectivity index (χ1n) is 7.60. The molecule has 0 saturated carbocycles. The van der Waals surface area contributed by atoms with Crippen LogP contribution in [0.4, 0.5) is 0 Å². The van der Waals surface area contributed by atoms with E-state index in [1.165, 1.54) is 0 Å². The quantitative estimate of drug-likeness (QED) is 0.868. The fraction of sp³-hybridized carbons (Fsp3) is 0.500. The first kappa shape index (κ1) is 15.8. The molecule has 0 fully saturated rings. The van der Waals surface area contributed by atoms with Crippen LogP contribution >= 0.6 is 0 Å². The Morgan fingerprint density at radius 3 is 2.33 bits per heavy atom. The molecule has 1 aromatic rings. The van der Waals surface area contributed by atoms with Gasteiger partial charge in [0.05, 0.1) is 0 Å². The Morgan fingerprint density at radius 2 is 1.76 bits per heavy atom. The van der Waals surface area contributed by atoms with E-state index in [9.17, 15) is 9.90 Å². The van der Waals surface area contributed by atoms with Crippen molar-refractivity contribution in [1.29, 1.82) is 0 Å². The molecule has 0 saturated heterocycles. The van der Waals surface area contributed by atoms with Gasteiger partial charge in [0.25, 0.3) is 5.91 Å². The summed E-state index contributed by atoms with van der Waals surface area (Å²) < 4.78 is 0. The molecule has 0 bridgehead atoms. The zero-order chi connectivity index (χ0) is 15.8. The monoisotopic (exact) mass is 287 g/mol. The molecular formula is C18H25NO2. The Balaban J connectivity index is 2.55. The van der Waals surface area contributed by atoms with Crippen molar-refractivity contribution in [3.63, 3.8) is 0 Å². The van der Waals surface area contributed by atoms with E-state index < -0.39 is 5.60 Å². The van der Waals surface area contributed by atoms with Gasteiger partial charge >= 0.3 is 0 Å². The van der Waals surface area contributed by atoms with E-state index in [0.717, 1.165) is 23.1 Å². The first-order valence-corrected chi connectivity index (χ1v) is 7.60. The second-order valence-electron chi connectivity index (χ2n) is 6.36. The van der Waals surface area contributed by atoms with Crippen LogP contribution in [0.3, 0.4) is 0 Å². The molecule has 0 radical (unpaired) electrons. The van der Waals surface area contributed by atoms with Gasteiger partial charge in [0.15, 0.2) is 5.60 Å². The van der Waals surface area contributed by atoms with Crippen molar-refractivity contribution in [1.82, 2.24) is 4.90 Å². The maximum absolute atomic E-state index is 13.1. The molecule has 114 valence electrons. The molecule has 21 heavy (non-hydrogen) atoms. The molecule has 1 atom stereocenters. The molecule has 0 unspecified atom stereocenters. The van der Waals surface area contributed by atoms with Crippen LogP contribution < -0.4 is 0 Å². The Bertz CT molecular complexity index is 566. The molecule has 2 rings (SSSR count). The van der Waals surface area contributed by atoms with E-state index >= 15 is 0 Å². The molecule has 0 aromatic heterocycles. The molecule has 0 spiro atoms. The number of fused-ring (bicyclic) bond motifs is 1. The van der Waals surface area contributed by atoms with Crippen molar-refractivity contribution in [2.24, 2.45) is 0 Å². The summed E-state index contributed by atoms with van der Waals surface area (Å²) in [7, 11) is 0. The molecule has 0 aliphatic heterocycles. The Kier molecular flexibility index (Phi) is 4.24. The fourth-order valence-corrected chi connectivity index (χ4v) is 3.21. The highest BCUT2D eigenvalue weighted by atomic mass is 16.3. The van der Waals surface area contributed by atoms with Crippen LogP contribution in [0.25, 0.3) is 0 Å². The number of hydrogen-bond donors (Lipinski definition) is 1. The SMILES string of the molecule is CC1=CCc2ccccc2[C@@]1(O)C(=O)N(C(C)C)C(C)C. The number of allylic oxidation sites excluding steroid dienone is 1. The molecule has 1 aliphatic rings. The molecule has 0 heterocycles. The van der Waals surface area contributed by atoms with Gasteiger partial charge in [0.2, 0.25) is 0 Å². The van der Waals surface area contributed by atoms with Crippen molar-refractivity contribution in [3.8, 4) is 0 Å². The number of carbonyl (C=O) groups is 1. The summed E-state index contributed by atoms with van der Waals surface area (Å²) in [6.07, 6.45) is 2.72. The van der Waals surface area contributed by atoms with Crippen molar-refractivity contribution >= 4 is 5.91 Å². The molecule has 1 amide bonds. The van der Waals surface area contributed by atoms with Crippen molar-refractivity contribution in [2.75, 3.05) is 0 Å². The minimum absolute atomic E-state index is 0.0448. The van der Waals surface area contributed by atoms with Crippen LogP contribution in [0.2, 0.25) is 0 Å². The van der Waals surface area contributed by atoms with E-state index in [1.807, 2.05) is 65.0 Å². The summed E-state index contributed by atoms with van der Waals surface area (Å²) in [5.74, 6) is -0.228. The summed E-state index contributed by atoms with van der Waals surface area (Å²) in [6, 6.07) is 7.76. The first-order chi connectivity index (χ1) is 9.80. The Morgan fingerprint density at radius 1 is 1.19 bits per heavy atom. The van der Waals surface area contributed by atoms with Crippen LogP contribution in [-0.2, 0) is 16.8 Å². The van der Waals surface area contributed by atoms with E-state index in [2.05, 4.69) is 0 Å². The third-order valence-electron chi connectivity index (χ3n) is 4.26. The maximum Gasteiger partial charge on any atom is 0.264 e. The third-order valence-corrected chi connectivity index (χ3v) is 4.26. The molecule has 1 aromatic carbocycles. The summed E-state index contributed by atoms with van der Waals surface area (Å²) >= 11 is 0. The zero-order valence-corrected chi connectivity index (χ0v) is 13.6. The summed E-state index contributed by atoms with van der Waals surface area (Å²) in [6.45, 7) is 9.76. The van der Waals surface area contributed by atoms with Crippen LogP contribution in [-0.4, -0.2) is 28.0 Å². The fourth-order valence-electron chi connectivity index (χ4n) is 3.21. The lowest BCUT2D eigenvalue weighted by atomic mass is 9.77. The summed E-state index contributed by atoms with van der Waals surface area (Å²) in [4.78, 5) is 14.9. The van der Waals surface area contributed by atoms with Gasteiger partial charge in [-0.15, -0.1) is 0 Å². The number of rotatable bonds is 3. The van der Waals surface area contributed by atoms with Gasteiger partial charge in [-0.1, -0.05) is 30.3 Å². The molecule has 3 nitrogen and oxygen atoms in total. The Labute approximate surface area is 127 Å². The minimum atomic E-state index is -1.54. The van der Waals surface area contributed by atoms with E-state index in [-0.39, 0.29) is 18.0 Å².